The van der Waals surface area contributed by atoms with Crippen LogP contribution in [0.2, 0.25) is 0 Å². The monoisotopic (exact) mass is 336 g/mol. The molecule has 2 N–H and O–H groups in total. The van der Waals surface area contributed by atoms with Crippen LogP contribution in [0.25, 0.3) is 11.2 Å². The number of aromatic nitrogens is 4. The quantitative estimate of drug-likeness (QED) is 0.697. The number of carbonyl (C=O) groups excluding carboxylic acids is 1. The van der Waals surface area contributed by atoms with Gasteiger partial charge in [-0.25, -0.2) is 15.0 Å². The van der Waals surface area contributed by atoms with E-state index in [-0.39, 0.29) is 5.91 Å². The summed E-state index contributed by atoms with van der Waals surface area (Å²) < 4.78 is 0. The number of hydrogen-bond donors (Lipinski definition) is 2. The molecule has 128 valence electrons. The van der Waals surface area contributed by atoms with Gasteiger partial charge in [-0.05, 0) is 24.0 Å². The summed E-state index contributed by atoms with van der Waals surface area (Å²) in [5, 5.41) is 3.25. The first kappa shape index (κ1) is 15.6. The number of nitrogens with zero attached hydrogens (tertiary/aromatic N) is 4. The molecule has 0 spiro atoms. The molecule has 7 nitrogen and oxygen atoms in total. The first-order valence-corrected chi connectivity index (χ1v) is 8.54. The molecule has 3 aromatic rings. The highest BCUT2D eigenvalue weighted by atomic mass is 16.2. The van der Waals surface area contributed by atoms with Gasteiger partial charge in [0.25, 0.3) is 0 Å². The van der Waals surface area contributed by atoms with Crippen molar-refractivity contribution in [2.75, 3.05) is 18.4 Å². The van der Waals surface area contributed by atoms with Crippen LogP contribution in [0.4, 0.5) is 5.82 Å². The van der Waals surface area contributed by atoms with Crippen LogP contribution in [0.5, 0.6) is 0 Å². The van der Waals surface area contributed by atoms with Crippen LogP contribution in [0.1, 0.15) is 24.0 Å². The second-order valence-electron chi connectivity index (χ2n) is 6.19. The second-order valence-corrected chi connectivity index (χ2v) is 6.19. The lowest BCUT2D eigenvalue weighted by molar-refractivity contribution is -0.132. The van der Waals surface area contributed by atoms with E-state index in [9.17, 15) is 4.79 Å². The van der Waals surface area contributed by atoms with Gasteiger partial charge < -0.3 is 15.2 Å². The van der Waals surface area contributed by atoms with Crippen LogP contribution >= 0.6 is 0 Å². The fourth-order valence-electron chi connectivity index (χ4n) is 3.21. The Hall–Kier alpha value is -2.96. The first-order valence-electron chi connectivity index (χ1n) is 8.54. The molecular formula is C18H20N6O. The Labute approximate surface area is 145 Å². The van der Waals surface area contributed by atoms with Crippen LogP contribution < -0.4 is 5.32 Å². The molecule has 1 amide bonds. The molecule has 0 bridgehead atoms. The number of amides is 1. The summed E-state index contributed by atoms with van der Waals surface area (Å²) in [5.41, 5.74) is 4.06. The minimum Gasteiger partial charge on any atom is -0.368 e. The molecule has 0 atom stereocenters. The number of benzene rings is 1. The van der Waals surface area contributed by atoms with Gasteiger partial charge in [0.05, 0.1) is 6.33 Å². The molecule has 25 heavy (non-hydrogen) atoms. The topological polar surface area (TPSA) is 86.8 Å². The third-order valence-electron chi connectivity index (χ3n) is 4.57. The van der Waals surface area contributed by atoms with E-state index in [4.69, 9.17) is 0 Å². The van der Waals surface area contributed by atoms with E-state index in [0.29, 0.717) is 18.6 Å². The minimum absolute atomic E-state index is 0.214. The lowest BCUT2D eigenvalue weighted by atomic mass is 9.99. The Bertz CT molecular complexity index is 890. The fraction of sp³-hybridized carbons (Fsp3) is 0.333. The Kier molecular flexibility index (Phi) is 4.28. The molecule has 1 aromatic carbocycles. The molecule has 2 aromatic heterocycles. The Balaban J connectivity index is 1.28. The van der Waals surface area contributed by atoms with Gasteiger partial charge in [-0.15, -0.1) is 0 Å². The van der Waals surface area contributed by atoms with Crippen molar-refractivity contribution in [2.24, 2.45) is 0 Å². The van der Waals surface area contributed by atoms with Crippen molar-refractivity contribution >= 4 is 22.9 Å². The number of aromatic amines is 1. The van der Waals surface area contributed by atoms with Crippen LogP contribution in [0, 0.1) is 0 Å². The van der Waals surface area contributed by atoms with Crippen molar-refractivity contribution < 1.29 is 4.79 Å². The number of nitrogens with one attached hydrogen (secondary N) is 2. The largest absolute Gasteiger partial charge is 0.368 e. The lowest BCUT2D eigenvalue weighted by Crippen LogP contribution is -2.36. The molecule has 3 heterocycles. The number of H-pyrrole nitrogens is 1. The zero-order chi connectivity index (χ0) is 17.1. The molecule has 0 radical (unpaired) electrons. The number of imidazole rings is 1. The van der Waals surface area contributed by atoms with E-state index in [1.807, 2.05) is 11.0 Å². The third kappa shape index (κ3) is 3.31. The summed E-state index contributed by atoms with van der Waals surface area (Å²) in [7, 11) is 0. The van der Waals surface area contributed by atoms with Crippen molar-refractivity contribution in [3.05, 3.63) is 48.0 Å². The van der Waals surface area contributed by atoms with Crippen LogP contribution in [0.15, 0.2) is 36.9 Å². The second kappa shape index (κ2) is 6.88. The summed E-state index contributed by atoms with van der Waals surface area (Å²) in [5.74, 6) is 0.938. The van der Waals surface area contributed by atoms with E-state index in [1.165, 1.54) is 17.5 Å². The summed E-state index contributed by atoms with van der Waals surface area (Å²) >= 11 is 0. The summed E-state index contributed by atoms with van der Waals surface area (Å²) in [6.07, 6.45) is 5.33. The highest BCUT2D eigenvalue weighted by Gasteiger charge is 2.19. The molecule has 0 unspecified atom stereocenters. The average molecular weight is 336 g/mol. The van der Waals surface area contributed by atoms with Crippen molar-refractivity contribution in [3.63, 3.8) is 0 Å². The molecule has 1 aliphatic heterocycles. The zero-order valence-electron chi connectivity index (χ0n) is 13.9. The molecule has 0 fully saturated rings. The minimum atomic E-state index is 0.214. The maximum atomic E-state index is 12.4. The summed E-state index contributed by atoms with van der Waals surface area (Å²) in [6, 6.07) is 8.36. The fourth-order valence-corrected chi connectivity index (χ4v) is 3.21. The van der Waals surface area contributed by atoms with Gasteiger partial charge in [0.1, 0.15) is 11.8 Å². The summed E-state index contributed by atoms with van der Waals surface area (Å²) in [4.78, 5) is 29.8. The lowest BCUT2D eigenvalue weighted by Gasteiger charge is -2.29. The molecule has 4 rings (SSSR count). The number of carbonyl (C=O) groups is 1. The van der Waals surface area contributed by atoms with Crippen molar-refractivity contribution in [1.29, 1.82) is 0 Å². The summed E-state index contributed by atoms with van der Waals surface area (Å²) in [6.45, 7) is 2.22. The van der Waals surface area contributed by atoms with Crippen molar-refractivity contribution in [1.82, 2.24) is 24.8 Å². The Morgan fingerprint density at radius 1 is 1.20 bits per heavy atom. The molecule has 1 aliphatic rings. The first-order chi connectivity index (χ1) is 12.3. The van der Waals surface area contributed by atoms with Gasteiger partial charge in [-0.1, -0.05) is 24.3 Å². The molecule has 7 heteroatoms. The molecular weight excluding hydrogens is 316 g/mol. The van der Waals surface area contributed by atoms with Gasteiger partial charge in [-0.3, -0.25) is 4.79 Å². The van der Waals surface area contributed by atoms with Gasteiger partial charge in [0.2, 0.25) is 5.91 Å². The Morgan fingerprint density at radius 2 is 2.08 bits per heavy atom. The maximum Gasteiger partial charge on any atom is 0.222 e. The third-order valence-corrected chi connectivity index (χ3v) is 4.57. The highest BCUT2D eigenvalue weighted by molar-refractivity contribution is 5.82. The standard InChI is InChI=1S/C18H20N6O/c25-15(24-9-7-13-4-1-2-5-14(13)10-24)6-3-8-19-17-16-18(21-11-20-16)23-12-22-17/h1-2,4-5,11-12H,3,6-10H2,(H2,19,20,21,22,23). The smallest absolute Gasteiger partial charge is 0.222 e. The SMILES string of the molecule is O=C(CCCNc1ncnc2nc[nH]c12)N1CCc2ccccc2C1. The van der Waals surface area contributed by atoms with E-state index in [0.717, 1.165) is 37.3 Å². The van der Waals surface area contributed by atoms with Crippen molar-refractivity contribution in [2.45, 2.75) is 25.8 Å². The van der Waals surface area contributed by atoms with E-state index < -0.39 is 0 Å². The van der Waals surface area contributed by atoms with Crippen LogP contribution in [-0.4, -0.2) is 43.8 Å². The number of fused-ring (bicyclic) bond motifs is 2. The van der Waals surface area contributed by atoms with Gasteiger partial charge in [0, 0.05) is 26.1 Å². The predicted octanol–water partition coefficient (Wildman–Crippen LogP) is 2.13. The number of anilines is 1. The highest BCUT2D eigenvalue weighted by Crippen LogP contribution is 2.19. The maximum absolute atomic E-state index is 12.4. The van der Waals surface area contributed by atoms with E-state index >= 15 is 0 Å². The predicted molar refractivity (Wildman–Crippen MR) is 95.0 cm³/mol. The molecule has 0 aliphatic carbocycles. The van der Waals surface area contributed by atoms with Gasteiger partial charge >= 0.3 is 0 Å². The number of hydrogen-bond acceptors (Lipinski definition) is 5. The van der Waals surface area contributed by atoms with Crippen LogP contribution in [0.3, 0.4) is 0 Å². The number of rotatable bonds is 5. The zero-order valence-corrected chi connectivity index (χ0v) is 13.9. The molecule has 0 saturated heterocycles. The average Bonchev–Trinajstić information content (AvgIpc) is 3.14. The van der Waals surface area contributed by atoms with Gasteiger partial charge in [0.15, 0.2) is 11.5 Å². The van der Waals surface area contributed by atoms with Gasteiger partial charge in [-0.2, -0.15) is 0 Å². The Morgan fingerprint density at radius 3 is 3.00 bits per heavy atom. The van der Waals surface area contributed by atoms with Crippen LogP contribution in [-0.2, 0) is 17.8 Å². The van der Waals surface area contributed by atoms with Crippen molar-refractivity contribution in [3.8, 4) is 0 Å². The molecule has 0 saturated carbocycles. The van der Waals surface area contributed by atoms with E-state index in [2.05, 4.69) is 43.5 Å². The normalized spacial score (nSPS) is 13.7. The van der Waals surface area contributed by atoms with E-state index in [1.54, 1.807) is 6.33 Å².